The summed E-state index contributed by atoms with van der Waals surface area (Å²) >= 11 is 1.34. The molecule has 152 valence electrons. The van der Waals surface area contributed by atoms with Gasteiger partial charge in [-0.1, -0.05) is 6.07 Å². The number of thiophene rings is 1. The predicted octanol–water partition coefficient (Wildman–Crippen LogP) is 3.58. The third-order valence-corrected chi connectivity index (χ3v) is 5.72. The van der Waals surface area contributed by atoms with Crippen molar-refractivity contribution in [3.63, 3.8) is 0 Å². The third kappa shape index (κ3) is 4.19. The van der Waals surface area contributed by atoms with Crippen LogP contribution in [0.3, 0.4) is 0 Å². The van der Waals surface area contributed by atoms with Gasteiger partial charge in [0.1, 0.15) is 0 Å². The topological polar surface area (TPSA) is 69.3 Å². The number of fused-ring (bicyclic) bond motifs is 1. The maximum atomic E-state index is 13.4. The monoisotopic (exact) mass is 421 g/mol. The summed E-state index contributed by atoms with van der Waals surface area (Å²) in [6, 6.07) is 6.89. The second kappa shape index (κ2) is 7.99. The lowest BCUT2D eigenvalue weighted by molar-refractivity contribution is -0.137. The highest BCUT2D eigenvalue weighted by atomic mass is 32.1. The fraction of sp³-hybridized carbons (Fsp3) is 0.300. The van der Waals surface area contributed by atoms with Gasteiger partial charge in [0.25, 0.3) is 5.56 Å². The average Bonchev–Trinajstić information content (AvgIpc) is 3.07. The number of aliphatic hydroxyl groups is 1. The van der Waals surface area contributed by atoms with Crippen LogP contribution in [0.1, 0.15) is 16.0 Å². The van der Waals surface area contributed by atoms with Crippen molar-refractivity contribution in [2.24, 2.45) is 7.05 Å². The van der Waals surface area contributed by atoms with E-state index in [0.29, 0.717) is 28.7 Å². The predicted molar refractivity (Wildman–Crippen MR) is 106 cm³/mol. The summed E-state index contributed by atoms with van der Waals surface area (Å²) in [6.07, 6.45) is -3.14. The van der Waals surface area contributed by atoms with E-state index in [9.17, 15) is 18.0 Å². The molecule has 2 aromatic heterocycles. The number of likely N-dealkylation sites (N-methyl/N-ethyl adjacent to an activating group) is 1. The molecule has 0 bridgehead atoms. The summed E-state index contributed by atoms with van der Waals surface area (Å²) in [5.74, 6) is 0. The molecule has 0 aliphatic rings. The van der Waals surface area contributed by atoms with Crippen molar-refractivity contribution < 1.29 is 18.3 Å². The van der Waals surface area contributed by atoms with Crippen LogP contribution in [0.5, 0.6) is 0 Å². The second-order valence-electron chi connectivity index (χ2n) is 6.75. The summed E-state index contributed by atoms with van der Waals surface area (Å²) in [5.41, 5.74) is -0.897. The van der Waals surface area contributed by atoms with Crippen molar-refractivity contribution in [1.29, 1.82) is 5.26 Å². The van der Waals surface area contributed by atoms with Crippen LogP contribution in [0, 0.1) is 11.3 Å². The van der Waals surface area contributed by atoms with Crippen molar-refractivity contribution in [3.8, 4) is 17.2 Å². The van der Waals surface area contributed by atoms with Gasteiger partial charge >= 0.3 is 6.18 Å². The van der Waals surface area contributed by atoms with Gasteiger partial charge in [0.15, 0.2) is 0 Å². The number of hydrogen-bond acceptors (Lipinski definition) is 5. The standard InChI is InChI=1S/C20H18F3N3O2S/c1-25(5-6-27)10-14-8-15-18(29-14)16(11-26(2)19(15)28)12-3-4-13(9-24)17(7-12)20(21,22)23/h3-4,7-8,11,27H,5-6,10H2,1-2H3. The van der Waals surface area contributed by atoms with Crippen LogP contribution in [-0.2, 0) is 19.8 Å². The van der Waals surface area contributed by atoms with Crippen LogP contribution in [0.15, 0.2) is 35.3 Å². The van der Waals surface area contributed by atoms with E-state index in [1.54, 1.807) is 19.2 Å². The van der Waals surface area contributed by atoms with Crippen LogP contribution in [-0.4, -0.2) is 34.8 Å². The molecule has 0 aliphatic heterocycles. The first-order chi connectivity index (χ1) is 13.7. The number of rotatable bonds is 5. The molecule has 0 unspecified atom stereocenters. The Kier molecular flexibility index (Phi) is 5.80. The molecule has 3 rings (SSSR count). The van der Waals surface area contributed by atoms with E-state index in [2.05, 4.69) is 0 Å². The van der Waals surface area contributed by atoms with E-state index < -0.39 is 17.3 Å². The summed E-state index contributed by atoms with van der Waals surface area (Å²) in [4.78, 5) is 15.3. The average molecular weight is 421 g/mol. The number of aromatic nitrogens is 1. The quantitative estimate of drug-likeness (QED) is 0.684. The van der Waals surface area contributed by atoms with Gasteiger partial charge in [0.05, 0.1) is 29.2 Å². The maximum Gasteiger partial charge on any atom is 0.417 e. The summed E-state index contributed by atoms with van der Waals surface area (Å²) < 4.78 is 42.1. The Morgan fingerprint density at radius 3 is 2.66 bits per heavy atom. The number of benzene rings is 1. The van der Waals surface area contributed by atoms with Crippen molar-refractivity contribution >= 4 is 21.4 Å². The van der Waals surface area contributed by atoms with Gasteiger partial charge in [0.2, 0.25) is 0 Å². The highest BCUT2D eigenvalue weighted by molar-refractivity contribution is 7.19. The van der Waals surface area contributed by atoms with Crippen LogP contribution in [0.2, 0.25) is 0 Å². The van der Waals surface area contributed by atoms with Gasteiger partial charge in [-0.15, -0.1) is 11.3 Å². The molecule has 0 spiro atoms. The fourth-order valence-electron chi connectivity index (χ4n) is 3.15. The zero-order valence-electron chi connectivity index (χ0n) is 15.7. The van der Waals surface area contributed by atoms with E-state index in [1.807, 2.05) is 11.9 Å². The second-order valence-corrected chi connectivity index (χ2v) is 7.88. The van der Waals surface area contributed by atoms with Gasteiger partial charge in [-0.05, 0) is 30.8 Å². The van der Waals surface area contributed by atoms with E-state index in [1.165, 1.54) is 28.2 Å². The number of hydrogen-bond donors (Lipinski definition) is 1. The molecule has 29 heavy (non-hydrogen) atoms. The van der Waals surface area contributed by atoms with E-state index >= 15 is 0 Å². The maximum absolute atomic E-state index is 13.4. The van der Waals surface area contributed by atoms with Crippen LogP contribution in [0.25, 0.3) is 21.2 Å². The van der Waals surface area contributed by atoms with Crippen LogP contribution >= 0.6 is 11.3 Å². The molecule has 0 amide bonds. The van der Waals surface area contributed by atoms with Gasteiger partial charge in [0, 0.05) is 41.5 Å². The smallest absolute Gasteiger partial charge is 0.395 e. The Morgan fingerprint density at radius 1 is 1.31 bits per heavy atom. The number of nitriles is 1. The Bertz CT molecular complexity index is 1160. The van der Waals surface area contributed by atoms with Crippen molar-refractivity contribution in [2.75, 3.05) is 20.2 Å². The minimum Gasteiger partial charge on any atom is -0.395 e. The minimum atomic E-state index is -4.66. The molecule has 5 nitrogen and oxygen atoms in total. The Balaban J connectivity index is 2.20. The zero-order chi connectivity index (χ0) is 21.3. The number of alkyl halides is 3. The molecule has 0 radical (unpaired) electrons. The van der Waals surface area contributed by atoms with E-state index in [0.717, 1.165) is 17.0 Å². The molecule has 0 aliphatic carbocycles. The van der Waals surface area contributed by atoms with Gasteiger partial charge in [-0.3, -0.25) is 9.69 Å². The normalized spacial score (nSPS) is 11.9. The SMILES string of the molecule is CN(CCO)Cc1cc2c(=O)n(C)cc(-c3ccc(C#N)c(C(F)(F)F)c3)c2s1. The first-order valence-corrected chi connectivity index (χ1v) is 9.50. The lowest BCUT2D eigenvalue weighted by Crippen LogP contribution is -2.20. The van der Waals surface area contributed by atoms with Crippen LogP contribution in [0.4, 0.5) is 13.2 Å². The Labute approximate surface area is 168 Å². The number of aliphatic hydroxyl groups excluding tert-OH is 1. The molecule has 1 aromatic carbocycles. The molecule has 0 fully saturated rings. The molecule has 9 heteroatoms. The fourth-order valence-corrected chi connectivity index (χ4v) is 4.41. The van der Waals surface area contributed by atoms with Gasteiger partial charge in [-0.25, -0.2) is 0 Å². The number of aryl methyl sites for hydroxylation is 1. The van der Waals surface area contributed by atoms with Crippen molar-refractivity contribution in [3.05, 3.63) is 56.8 Å². The third-order valence-electron chi connectivity index (χ3n) is 4.57. The molecule has 0 saturated heterocycles. The summed E-state index contributed by atoms with van der Waals surface area (Å²) in [6.45, 7) is 0.965. The molecule has 0 atom stereocenters. The highest BCUT2D eigenvalue weighted by Gasteiger charge is 2.34. The zero-order valence-corrected chi connectivity index (χ0v) is 16.6. The lowest BCUT2D eigenvalue weighted by Gasteiger charge is -2.13. The molecule has 2 heterocycles. The first kappa shape index (κ1) is 21.0. The molecular weight excluding hydrogens is 403 g/mol. The largest absolute Gasteiger partial charge is 0.417 e. The van der Waals surface area contributed by atoms with E-state index in [-0.39, 0.29) is 17.7 Å². The Morgan fingerprint density at radius 2 is 2.03 bits per heavy atom. The van der Waals surface area contributed by atoms with E-state index in [4.69, 9.17) is 10.4 Å². The first-order valence-electron chi connectivity index (χ1n) is 8.69. The summed E-state index contributed by atoms with van der Waals surface area (Å²) in [7, 11) is 3.38. The number of nitrogens with zero attached hydrogens (tertiary/aromatic N) is 3. The highest BCUT2D eigenvalue weighted by Crippen LogP contribution is 2.38. The Hall–Kier alpha value is -2.67. The molecular formula is C20H18F3N3O2S. The van der Waals surface area contributed by atoms with Gasteiger partial charge in [-0.2, -0.15) is 18.4 Å². The minimum absolute atomic E-state index is 0.000128. The van der Waals surface area contributed by atoms with Crippen LogP contribution < -0.4 is 5.56 Å². The molecule has 3 aromatic rings. The van der Waals surface area contributed by atoms with Crippen molar-refractivity contribution in [1.82, 2.24) is 9.47 Å². The van der Waals surface area contributed by atoms with Gasteiger partial charge < -0.3 is 9.67 Å². The lowest BCUT2D eigenvalue weighted by atomic mass is 9.99. The number of pyridine rings is 1. The number of halogens is 3. The summed E-state index contributed by atoms with van der Waals surface area (Å²) in [5, 5.41) is 18.5. The van der Waals surface area contributed by atoms with Crippen molar-refractivity contribution in [2.45, 2.75) is 12.7 Å². The molecule has 1 N–H and O–H groups in total. The molecule has 0 saturated carbocycles.